The second-order valence-corrected chi connectivity index (χ2v) is 4.09. The molecule has 0 aliphatic rings. The molecule has 78 valence electrons. The molecule has 1 atom stereocenters. The first-order valence-electron chi connectivity index (χ1n) is 4.48. The molecular formula is C10H10N2O2S. The third-order valence-corrected chi connectivity index (χ3v) is 3.08. The third kappa shape index (κ3) is 1.84. The molecule has 1 aromatic heterocycles. The molecule has 3 N–H and O–H groups in total. The highest BCUT2D eigenvalue weighted by atomic mass is 32.1. The van der Waals surface area contributed by atoms with Crippen LogP contribution >= 0.6 is 11.3 Å². The van der Waals surface area contributed by atoms with Crippen molar-refractivity contribution < 1.29 is 9.90 Å². The monoisotopic (exact) mass is 222 g/mol. The van der Waals surface area contributed by atoms with Gasteiger partial charge < -0.3 is 10.8 Å². The Morgan fingerprint density at radius 2 is 2.40 bits per heavy atom. The van der Waals surface area contributed by atoms with Crippen LogP contribution in [0.1, 0.15) is 11.5 Å². The van der Waals surface area contributed by atoms with E-state index in [9.17, 15) is 4.79 Å². The lowest BCUT2D eigenvalue weighted by Crippen LogP contribution is -2.20. The molecule has 0 radical (unpaired) electrons. The molecule has 1 unspecified atom stereocenters. The van der Waals surface area contributed by atoms with Crippen LogP contribution < -0.4 is 5.73 Å². The van der Waals surface area contributed by atoms with E-state index in [-0.39, 0.29) is 6.54 Å². The number of benzene rings is 1. The normalized spacial score (nSPS) is 12.9. The number of aliphatic carboxylic acids is 1. The maximum Gasteiger partial charge on any atom is 0.312 e. The number of carbonyl (C=O) groups is 1. The molecule has 0 aliphatic heterocycles. The molecule has 1 heterocycles. The maximum atomic E-state index is 10.9. The van der Waals surface area contributed by atoms with Crippen molar-refractivity contribution in [2.75, 3.05) is 6.54 Å². The summed E-state index contributed by atoms with van der Waals surface area (Å²) in [6.45, 7) is 0.111. The predicted molar refractivity (Wildman–Crippen MR) is 59.1 cm³/mol. The van der Waals surface area contributed by atoms with Crippen LogP contribution in [0.25, 0.3) is 10.2 Å². The minimum atomic E-state index is -0.888. The lowest BCUT2D eigenvalue weighted by molar-refractivity contribution is -0.138. The van der Waals surface area contributed by atoms with Crippen LogP contribution in [0.2, 0.25) is 0 Å². The van der Waals surface area contributed by atoms with Gasteiger partial charge in [-0.3, -0.25) is 4.79 Å². The van der Waals surface area contributed by atoms with E-state index in [4.69, 9.17) is 10.8 Å². The molecule has 0 saturated carbocycles. The van der Waals surface area contributed by atoms with Gasteiger partial charge in [0.1, 0.15) is 0 Å². The van der Waals surface area contributed by atoms with Crippen molar-refractivity contribution in [2.45, 2.75) is 5.92 Å². The zero-order valence-corrected chi connectivity index (χ0v) is 8.70. The second kappa shape index (κ2) is 3.96. The Hall–Kier alpha value is -1.46. The molecule has 0 fully saturated rings. The number of thiazole rings is 1. The second-order valence-electron chi connectivity index (χ2n) is 3.21. The smallest absolute Gasteiger partial charge is 0.312 e. The first kappa shape index (κ1) is 10.1. The van der Waals surface area contributed by atoms with Gasteiger partial charge in [0.25, 0.3) is 0 Å². The number of nitrogens with zero attached hydrogens (tertiary/aromatic N) is 1. The highest BCUT2D eigenvalue weighted by molar-refractivity contribution is 7.16. The number of fused-ring (bicyclic) bond motifs is 1. The average molecular weight is 222 g/mol. The van der Waals surface area contributed by atoms with Gasteiger partial charge in [0.15, 0.2) is 0 Å². The summed E-state index contributed by atoms with van der Waals surface area (Å²) < 4.78 is 0.993. The van der Waals surface area contributed by atoms with Crippen molar-refractivity contribution in [2.24, 2.45) is 5.73 Å². The van der Waals surface area contributed by atoms with E-state index < -0.39 is 11.9 Å². The van der Waals surface area contributed by atoms with Crippen molar-refractivity contribution in [3.8, 4) is 0 Å². The molecule has 4 nitrogen and oxygen atoms in total. The summed E-state index contributed by atoms with van der Waals surface area (Å²) in [5.74, 6) is -1.52. The van der Waals surface area contributed by atoms with E-state index in [0.717, 1.165) is 15.8 Å². The Kier molecular flexibility index (Phi) is 2.66. The first-order chi connectivity index (χ1) is 7.22. The van der Waals surface area contributed by atoms with Gasteiger partial charge >= 0.3 is 5.97 Å². The van der Waals surface area contributed by atoms with Gasteiger partial charge in [0.2, 0.25) is 0 Å². The van der Waals surface area contributed by atoms with Gasteiger partial charge in [0.05, 0.1) is 21.6 Å². The summed E-state index contributed by atoms with van der Waals surface area (Å²) in [4.78, 5) is 15.0. The van der Waals surface area contributed by atoms with E-state index in [1.807, 2.05) is 12.1 Å². The quantitative estimate of drug-likeness (QED) is 0.823. The number of nitrogens with two attached hydrogens (primary N) is 1. The van der Waals surface area contributed by atoms with Crippen LogP contribution in [0.15, 0.2) is 23.7 Å². The summed E-state index contributed by atoms with van der Waals surface area (Å²) in [7, 11) is 0. The number of aromatic nitrogens is 1. The number of hydrogen-bond donors (Lipinski definition) is 2. The van der Waals surface area contributed by atoms with Gasteiger partial charge in [0, 0.05) is 6.54 Å². The van der Waals surface area contributed by atoms with E-state index in [0.29, 0.717) is 0 Å². The van der Waals surface area contributed by atoms with Crippen LogP contribution in [-0.4, -0.2) is 22.6 Å². The lowest BCUT2D eigenvalue weighted by atomic mass is 9.99. The predicted octanol–water partition coefficient (Wildman–Crippen LogP) is 1.42. The van der Waals surface area contributed by atoms with Crippen LogP contribution in [0.4, 0.5) is 0 Å². The molecular weight excluding hydrogens is 212 g/mol. The average Bonchev–Trinajstić information content (AvgIpc) is 2.65. The largest absolute Gasteiger partial charge is 0.481 e. The summed E-state index contributed by atoms with van der Waals surface area (Å²) >= 11 is 1.50. The Morgan fingerprint density at radius 3 is 3.07 bits per heavy atom. The van der Waals surface area contributed by atoms with Crippen molar-refractivity contribution in [1.29, 1.82) is 0 Å². The molecule has 15 heavy (non-hydrogen) atoms. The van der Waals surface area contributed by atoms with Crippen molar-refractivity contribution in [1.82, 2.24) is 4.98 Å². The summed E-state index contributed by atoms with van der Waals surface area (Å²) in [5.41, 5.74) is 8.81. The third-order valence-electron chi connectivity index (χ3n) is 2.29. The van der Waals surface area contributed by atoms with Gasteiger partial charge in [-0.15, -0.1) is 11.3 Å². The fourth-order valence-corrected chi connectivity index (χ4v) is 2.19. The molecule has 0 amide bonds. The molecule has 2 aromatic rings. The highest BCUT2D eigenvalue weighted by Gasteiger charge is 2.18. The van der Waals surface area contributed by atoms with Crippen molar-refractivity contribution in [3.63, 3.8) is 0 Å². The van der Waals surface area contributed by atoms with Crippen LogP contribution in [-0.2, 0) is 4.79 Å². The molecule has 5 heteroatoms. The molecule has 0 spiro atoms. The summed E-state index contributed by atoms with van der Waals surface area (Å²) in [6.07, 6.45) is 0. The van der Waals surface area contributed by atoms with E-state index in [2.05, 4.69) is 4.98 Å². The summed E-state index contributed by atoms with van der Waals surface area (Å²) in [5, 5.41) is 8.96. The molecule has 1 aromatic carbocycles. The minimum Gasteiger partial charge on any atom is -0.481 e. The Bertz CT molecular complexity index is 495. The van der Waals surface area contributed by atoms with Crippen molar-refractivity contribution >= 4 is 27.5 Å². The molecule has 0 saturated heterocycles. The molecule has 2 rings (SSSR count). The zero-order valence-electron chi connectivity index (χ0n) is 7.88. The number of hydrogen-bond acceptors (Lipinski definition) is 4. The Labute approximate surface area is 90.4 Å². The van der Waals surface area contributed by atoms with Crippen LogP contribution in [0.3, 0.4) is 0 Å². The van der Waals surface area contributed by atoms with Gasteiger partial charge in [-0.25, -0.2) is 4.98 Å². The standard InChI is InChI=1S/C10H10N2O2S/c11-4-7(10(13)14)6-1-2-8-9(3-6)15-5-12-8/h1-3,5,7H,4,11H2,(H,13,14). The topological polar surface area (TPSA) is 76.2 Å². The molecule has 0 bridgehead atoms. The van der Waals surface area contributed by atoms with Crippen molar-refractivity contribution in [3.05, 3.63) is 29.3 Å². The zero-order chi connectivity index (χ0) is 10.8. The SMILES string of the molecule is NCC(C(=O)O)c1ccc2ncsc2c1. The van der Waals surface area contributed by atoms with Crippen LogP contribution in [0.5, 0.6) is 0 Å². The first-order valence-corrected chi connectivity index (χ1v) is 5.36. The molecule has 0 aliphatic carbocycles. The fourth-order valence-electron chi connectivity index (χ4n) is 1.47. The van der Waals surface area contributed by atoms with Crippen LogP contribution in [0, 0.1) is 0 Å². The Balaban J connectivity index is 2.46. The lowest BCUT2D eigenvalue weighted by Gasteiger charge is -2.09. The minimum absolute atomic E-state index is 0.111. The fraction of sp³-hybridized carbons (Fsp3) is 0.200. The Morgan fingerprint density at radius 1 is 1.60 bits per heavy atom. The highest BCUT2D eigenvalue weighted by Crippen LogP contribution is 2.23. The van der Waals surface area contributed by atoms with Gasteiger partial charge in [-0.05, 0) is 17.7 Å². The van der Waals surface area contributed by atoms with E-state index in [1.165, 1.54) is 11.3 Å². The maximum absolute atomic E-state index is 10.9. The van der Waals surface area contributed by atoms with E-state index >= 15 is 0 Å². The van der Waals surface area contributed by atoms with Gasteiger partial charge in [-0.2, -0.15) is 0 Å². The van der Waals surface area contributed by atoms with Gasteiger partial charge in [-0.1, -0.05) is 6.07 Å². The summed E-state index contributed by atoms with van der Waals surface area (Å²) in [6, 6.07) is 5.44. The number of carboxylic acid groups (broad SMARTS) is 1. The number of rotatable bonds is 3. The number of carboxylic acids is 1. The van der Waals surface area contributed by atoms with E-state index in [1.54, 1.807) is 11.6 Å².